The van der Waals surface area contributed by atoms with E-state index in [1.54, 1.807) is 7.05 Å². The first-order chi connectivity index (χ1) is 2.84. The minimum Gasteiger partial charge on any atom is -0.314 e. The number of halogens is 1. The predicted molar refractivity (Wildman–Crippen MR) is 22.4 cm³/mol. The summed E-state index contributed by atoms with van der Waals surface area (Å²) in [7, 11) is 1.78. The Kier molecular flexibility index (Phi) is 0.804. The number of hydrogen-bond donors (Lipinski definition) is 1. The molecule has 0 heterocycles. The van der Waals surface area contributed by atoms with Crippen molar-refractivity contribution in [3.63, 3.8) is 0 Å². The van der Waals surface area contributed by atoms with Gasteiger partial charge in [-0.05, 0) is 13.5 Å². The van der Waals surface area contributed by atoms with Gasteiger partial charge in [-0.3, -0.25) is 0 Å². The molecule has 0 radical (unpaired) electrons. The van der Waals surface area contributed by atoms with Crippen LogP contribution in [0.5, 0.6) is 0 Å². The van der Waals surface area contributed by atoms with E-state index in [4.69, 9.17) is 0 Å². The first-order valence-corrected chi connectivity index (χ1v) is 2.16. The average Bonchev–Trinajstić information content (AvgIpc) is 2.19. The zero-order valence-electron chi connectivity index (χ0n) is 3.74. The first kappa shape index (κ1) is 4.06. The largest absolute Gasteiger partial charge is 0.314 e. The quantitative estimate of drug-likeness (QED) is 0.487. The summed E-state index contributed by atoms with van der Waals surface area (Å²) in [6.07, 6.45) is 0.172. The van der Waals surface area contributed by atoms with Gasteiger partial charge in [-0.2, -0.15) is 0 Å². The zero-order chi connectivity index (χ0) is 4.57. The third kappa shape index (κ3) is 0.522. The normalized spacial score (nSPS) is 43.0. The third-order valence-corrected chi connectivity index (χ3v) is 1.08. The molecule has 0 bridgehead atoms. The molecule has 1 rings (SSSR count). The van der Waals surface area contributed by atoms with Gasteiger partial charge in [-0.15, -0.1) is 0 Å². The highest BCUT2D eigenvalue weighted by Crippen LogP contribution is 2.23. The standard InChI is InChI=1S/C4H8FN/c1-6-4-2-3(4)5/h3-4,6H,2H2,1H3/t3-,4-/m1/s1. The number of hydrogen-bond acceptors (Lipinski definition) is 1. The second-order valence-corrected chi connectivity index (χ2v) is 1.65. The summed E-state index contributed by atoms with van der Waals surface area (Å²) in [6, 6.07) is 0.185. The summed E-state index contributed by atoms with van der Waals surface area (Å²) in [5.41, 5.74) is 0. The lowest BCUT2D eigenvalue weighted by Gasteiger charge is -1.82. The summed E-state index contributed by atoms with van der Waals surface area (Å²) in [4.78, 5) is 0. The van der Waals surface area contributed by atoms with Gasteiger partial charge < -0.3 is 5.32 Å². The summed E-state index contributed by atoms with van der Waals surface area (Å²) >= 11 is 0. The maximum absolute atomic E-state index is 11.7. The van der Waals surface area contributed by atoms with Gasteiger partial charge in [0, 0.05) is 6.04 Å². The van der Waals surface area contributed by atoms with Crippen LogP contribution in [-0.4, -0.2) is 19.3 Å². The van der Waals surface area contributed by atoms with Crippen LogP contribution >= 0.6 is 0 Å². The van der Waals surface area contributed by atoms with Crippen LogP contribution in [0, 0.1) is 0 Å². The molecule has 0 aromatic rings. The van der Waals surface area contributed by atoms with Crippen molar-refractivity contribution in [3.05, 3.63) is 0 Å². The minimum absolute atomic E-state index is 0.185. The van der Waals surface area contributed by atoms with E-state index in [0.29, 0.717) is 0 Å². The van der Waals surface area contributed by atoms with Crippen LogP contribution in [-0.2, 0) is 0 Å². The first-order valence-electron chi connectivity index (χ1n) is 2.16. The topological polar surface area (TPSA) is 12.0 Å². The van der Waals surface area contributed by atoms with E-state index in [1.807, 2.05) is 0 Å². The molecule has 2 heteroatoms. The Morgan fingerprint density at radius 2 is 2.33 bits per heavy atom. The fourth-order valence-electron chi connectivity index (χ4n) is 0.463. The molecule has 1 saturated carbocycles. The van der Waals surface area contributed by atoms with Gasteiger partial charge in [-0.1, -0.05) is 0 Å². The Bertz CT molecular complexity index is 53.5. The maximum Gasteiger partial charge on any atom is 0.117 e. The van der Waals surface area contributed by atoms with Gasteiger partial charge in [0.1, 0.15) is 6.17 Å². The van der Waals surface area contributed by atoms with Crippen molar-refractivity contribution in [1.82, 2.24) is 5.32 Å². The molecule has 1 aliphatic rings. The molecule has 0 aromatic heterocycles. The van der Waals surface area contributed by atoms with Crippen LogP contribution in [0.1, 0.15) is 6.42 Å². The number of alkyl halides is 1. The Labute approximate surface area is 36.5 Å². The molecule has 0 amide bonds. The van der Waals surface area contributed by atoms with Gasteiger partial charge >= 0.3 is 0 Å². The summed E-state index contributed by atoms with van der Waals surface area (Å²) < 4.78 is 11.7. The molecular weight excluding hydrogens is 81.0 g/mol. The number of nitrogens with one attached hydrogen (secondary N) is 1. The van der Waals surface area contributed by atoms with E-state index in [9.17, 15) is 4.39 Å². The van der Waals surface area contributed by atoms with E-state index in [1.165, 1.54) is 0 Å². The third-order valence-electron chi connectivity index (χ3n) is 1.08. The smallest absolute Gasteiger partial charge is 0.117 e. The Morgan fingerprint density at radius 1 is 1.83 bits per heavy atom. The molecule has 0 unspecified atom stereocenters. The van der Waals surface area contributed by atoms with Crippen LogP contribution in [0.4, 0.5) is 4.39 Å². The lowest BCUT2D eigenvalue weighted by atomic mass is 10.7. The molecule has 1 aliphatic carbocycles. The highest BCUT2D eigenvalue weighted by molar-refractivity contribution is 4.92. The maximum atomic E-state index is 11.7. The van der Waals surface area contributed by atoms with E-state index >= 15 is 0 Å². The molecule has 0 aliphatic heterocycles. The summed E-state index contributed by atoms with van der Waals surface area (Å²) in [5, 5.41) is 2.81. The Balaban J connectivity index is 2.09. The summed E-state index contributed by atoms with van der Waals surface area (Å²) in [5.74, 6) is 0. The highest BCUT2D eigenvalue weighted by atomic mass is 19.1. The van der Waals surface area contributed by atoms with Crippen LogP contribution in [0.2, 0.25) is 0 Å². The molecule has 1 nitrogen and oxygen atoms in total. The van der Waals surface area contributed by atoms with Crippen LogP contribution < -0.4 is 5.32 Å². The van der Waals surface area contributed by atoms with Crippen molar-refractivity contribution in [2.24, 2.45) is 0 Å². The molecule has 2 atom stereocenters. The predicted octanol–water partition coefficient (Wildman–Crippen LogP) is 0.316. The molecule has 36 valence electrons. The molecule has 6 heavy (non-hydrogen) atoms. The molecule has 0 saturated heterocycles. The lowest BCUT2D eigenvalue weighted by molar-refractivity contribution is 0.455. The Hall–Kier alpha value is -0.110. The molecule has 0 spiro atoms. The lowest BCUT2D eigenvalue weighted by Crippen LogP contribution is -2.10. The fraction of sp³-hybridized carbons (Fsp3) is 1.00. The van der Waals surface area contributed by atoms with Gasteiger partial charge in [0.15, 0.2) is 0 Å². The average molecular weight is 89.1 g/mol. The van der Waals surface area contributed by atoms with Crippen LogP contribution in [0.25, 0.3) is 0 Å². The Morgan fingerprint density at radius 3 is 2.33 bits per heavy atom. The van der Waals surface area contributed by atoms with E-state index in [-0.39, 0.29) is 6.04 Å². The van der Waals surface area contributed by atoms with Gasteiger partial charge in [0.05, 0.1) is 0 Å². The number of rotatable bonds is 1. The van der Waals surface area contributed by atoms with Crippen molar-refractivity contribution >= 4 is 0 Å². The van der Waals surface area contributed by atoms with Gasteiger partial charge in [-0.25, -0.2) is 4.39 Å². The zero-order valence-corrected chi connectivity index (χ0v) is 3.74. The van der Waals surface area contributed by atoms with Gasteiger partial charge in [0.25, 0.3) is 0 Å². The second-order valence-electron chi connectivity index (χ2n) is 1.65. The summed E-state index contributed by atoms with van der Waals surface area (Å²) in [6.45, 7) is 0. The van der Waals surface area contributed by atoms with E-state index in [2.05, 4.69) is 5.32 Å². The van der Waals surface area contributed by atoms with Crippen LogP contribution in [0.3, 0.4) is 0 Å². The highest BCUT2D eigenvalue weighted by Gasteiger charge is 2.35. The minimum atomic E-state index is -0.546. The molecule has 1 fully saturated rings. The van der Waals surface area contributed by atoms with Crippen molar-refractivity contribution in [2.45, 2.75) is 18.6 Å². The van der Waals surface area contributed by atoms with Crippen molar-refractivity contribution in [3.8, 4) is 0 Å². The van der Waals surface area contributed by atoms with Crippen LogP contribution in [0.15, 0.2) is 0 Å². The van der Waals surface area contributed by atoms with E-state index in [0.717, 1.165) is 6.42 Å². The van der Waals surface area contributed by atoms with E-state index < -0.39 is 6.17 Å². The van der Waals surface area contributed by atoms with Gasteiger partial charge in [0.2, 0.25) is 0 Å². The second kappa shape index (κ2) is 1.19. The monoisotopic (exact) mass is 89.1 g/mol. The molecule has 0 aromatic carbocycles. The van der Waals surface area contributed by atoms with Crippen molar-refractivity contribution in [1.29, 1.82) is 0 Å². The van der Waals surface area contributed by atoms with Crippen molar-refractivity contribution in [2.75, 3.05) is 7.05 Å². The fourth-order valence-corrected chi connectivity index (χ4v) is 0.463. The molecular formula is C4H8FN. The van der Waals surface area contributed by atoms with Crippen molar-refractivity contribution < 1.29 is 4.39 Å². The SMILES string of the molecule is CN[C@@H]1C[C@H]1F. The molecule has 1 N–H and O–H groups in total.